The largest absolute Gasteiger partial charge is 0.477 e. The van der Waals surface area contributed by atoms with Crippen LogP contribution in [0.1, 0.15) is 19.8 Å². The molecular weight excluding hydrogens is 176 g/mol. The molecule has 0 unspecified atom stereocenters. The predicted octanol–water partition coefficient (Wildman–Crippen LogP) is 2.09. The molecule has 14 heavy (non-hydrogen) atoms. The third-order valence-electron chi connectivity index (χ3n) is 3.00. The first kappa shape index (κ1) is 9.31. The quantitative estimate of drug-likeness (QED) is 0.797. The highest BCUT2D eigenvalue weighted by molar-refractivity contribution is 5.35. The first-order chi connectivity index (χ1) is 6.75. The maximum Gasteiger partial charge on any atom is 0.213 e. The van der Waals surface area contributed by atoms with Crippen molar-refractivity contribution in [1.29, 1.82) is 0 Å². The molecule has 0 bridgehead atoms. The molecule has 1 aromatic rings. The van der Waals surface area contributed by atoms with Gasteiger partial charge in [0.1, 0.15) is 0 Å². The third-order valence-corrected chi connectivity index (χ3v) is 3.00. The second-order valence-corrected chi connectivity index (χ2v) is 4.06. The van der Waals surface area contributed by atoms with Crippen LogP contribution in [-0.2, 0) is 0 Å². The summed E-state index contributed by atoms with van der Waals surface area (Å²) in [5.74, 6) is 2.21. The number of aromatic nitrogens is 1. The smallest absolute Gasteiger partial charge is 0.213 e. The highest BCUT2D eigenvalue weighted by Gasteiger charge is 2.27. The Kier molecular flexibility index (Phi) is 2.57. The number of ether oxygens (including phenoxy) is 1. The lowest BCUT2D eigenvalue weighted by atomic mass is 9.75. The molecule has 0 radical (unpaired) electrons. The Labute approximate surface area is 84.3 Å². The van der Waals surface area contributed by atoms with Crippen LogP contribution in [0.4, 0.5) is 5.69 Å². The Bertz CT molecular complexity index is 297. The number of nitrogens with zero attached hydrogens (tertiary/aromatic N) is 1. The topological polar surface area (TPSA) is 48.1 Å². The van der Waals surface area contributed by atoms with Crippen LogP contribution in [0.3, 0.4) is 0 Å². The molecule has 3 nitrogen and oxygen atoms in total. The van der Waals surface area contributed by atoms with Crippen molar-refractivity contribution in [2.45, 2.75) is 19.8 Å². The lowest BCUT2D eigenvalue weighted by Crippen LogP contribution is -2.28. The SMILES string of the molecule is C[C@@H]1CC[C@H]1COc1ccc(N)cn1. The molecule has 1 aliphatic rings. The Balaban J connectivity index is 1.83. The van der Waals surface area contributed by atoms with Crippen LogP contribution in [0, 0.1) is 11.8 Å². The van der Waals surface area contributed by atoms with Crippen LogP contribution in [0.2, 0.25) is 0 Å². The number of rotatable bonds is 3. The molecule has 0 aromatic carbocycles. The van der Waals surface area contributed by atoms with Crippen molar-refractivity contribution in [3.05, 3.63) is 18.3 Å². The van der Waals surface area contributed by atoms with E-state index in [0.29, 0.717) is 17.5 Å². The van der Waals surface area contributed by atoms with Crippen molar-refractivity contribution in [3.63, 3.8) is 0 Å². The van der Waals surface area contributed by atoms with Gasteiger partial charge in [-0.05, 0) is 30.7 Å². The third kappa shape index (κ3) is 1.97. The summed E-state index contributed by atoms with van der Waals surface area (Å²) >= 11 is 0. The first-order valence-corrected chi connectivity index (χ1v) is 5.10. The van der Waals surface area contributed by atoms with E-state index in [9.17, 15) is 0 Å². The minimum atomic E-state index is 0.675. The highest BCUT2D eigenvalue weighted by atomic mass is 16.5. The fourth-order valence-electron chi connectivity index (χ4n) is 1.65. The number of hydrogen-bond acceptors (Lipinski definition) is 3. The van der Waals surface area contributed by atoms with Crippen molar-refractivity contribution in [1.82, 2.24) is 4.98 Å². The molecule has 2 N–H and O–H groups in total. The Morgan fingerprint density at radius 3 is 2.86 bits per heavy atom. The van der Waals surface area contributed by atoms with E-state index in [-0.39, 0.29) is 0 Å². The maximum absolute atomic E-state index is 5.57. The van der Waals surface area contributed by atoms with E-state index in [1.54, 1.807) is 6.20 Å². The van der Waals surface area contributed by atoms with E-state index in [0.717, 1.165) is 12.5 Å². The van der Waals surface area contributed by atoms with Gasteiger partial charge in [0.15, 0.2) is 0 Å². The van der Waals surface area contributed by atoms with Crippen LogP contribution in [0.5, 0.6) is 5.88 Å². The number of pyridine rings is 1. The molecule has 0 aliphatic heterocycles. The molecule has 76 valence electrons. The van der Waals surface area contributed by atoms with E-state index in [1.807, 2.05) is 12.1 Å². The zero-order chi connectivity index (χ0) is 9.97. The van der Waals surface area contributed by atoms with Gasteiger partial charge in [0.2, 0.25) is 5.88 Å². The molecule has 0 spiro atoms. The van der Waals surface area contributed by atoms with Crippen LogP contribution in [0.25, 0.3) is 0 Å². The molecule has 1 fully saturated rings. The molecule has 0 amide bonds. The van der Waals surface area contributed by atoms with E-state index in [2.05, 4.69) is 11.9 Å². The summed E-state index contributed by atoms with van der Waals surface area (Å²) in [7, 11) is 0. The van der Waals surface area contributed by atoms with Crippen molar-refractivity contribution in [2.24, 2.45) is 11.8 Å². The number of anilines is 1. The van der Waals surface area contributed by atoms with Crippen molar-refractivity contribution < 1.29 is 4.74 Å². The first-order valence-electron chi connectivity index (χ1n) is 5.10. The van der Waals surface area contributed by atoms with Crippen LogP contribution in [0.15, 0.2) is 18.3 Å². The van der Waals surface area contributed by atoms with Crippen LogP contribution >= 0.6 is 0 Å². The second kappa shape index (κ2) is 3.86. The van der Waals surface area contributed by atoms with Gasteiger partial charge in [0.05, 0.1) is 18.5 Å². The highest BCUT2D eigenvalue weighted by Crippen LogP contribution is 2.33. The molecule has 1 heterocycles. The van der Waals surface area contributed by atoms with Gasteiger partial charge in [-0.2, -0.15) is 0 Å². The lowest BCUT2D eigenvalue weighted by Gasteiger charge is -2.33. The summed E-state index contributed by atoms with van der Waals surface area (Å²) in [4.78, 5) is 4.09. The Morgan fingerprint density at radius 1 is 1.50 bits per heavy atom. The van der Waals surface area contributed by atoms with Gasteiger partial charge < -0.3 is 10.5 Å². The summed E-state index contributed by atoms with van der Waals surface area (Å²) < 4.78 is 5.57. The predicted molar refractivity (Wildman–Crippen MR) is 56.0 cm³/mol. The fourth-order valence-corrected chi connectivity index (χ4v) is 1.65. The molecule has 0 saturated heterocycles. The normalized spacial score (nSPS) is 25.5. The van der Waals surface area contributed by atoms with Crippen LogP contribution in [-0.4, -0.2) is 11.6 Å². The minimum absolute atomic E-state index is 0.675. The molecule has 1 aromatic heterocycles. The molecule has 2 atom stereocenters. The summed E-state index contributed by atoms with van der Waals surface area (Å²) in [6.07, 6.45) is 4.25. The van der Waals surface area contributed by atoms with E-state index >= 15 is 0 Å². The van der Waals surface area contributed by atoms with E-state index in [4.69, 9.17) is 10.5 Å². The molecular formula is C11H16N2O. The van der Waals surface area contributed by atoms with Gasteiger partial charge in [-0.3, -0.25) is 0 Å². The van der Waals surface area contributed by atoms with Gasteiger partial charge in [-0.15, -0.1) is 0 Å². The molecule has 3 heteroatoms. The second-order valence-electron chi connectivity index (χ2n) is 4.06. The zero-order valence-corrected chi connectivity index (χ0v) is 8.44. The van der Waals surface area contributed by atoms with Crippen LogP contribution < -0.4 is 10.5 Å². The fraction of sp³-hybridized carbons (Fsp3) is 0.545. The van der Waals surface area contributed by atoms with Crippen molar-refractivity contribution >= 4 is 5.69 Å². The molecule has 1 saturated carbocycles. The van der Waals surface area contributed by atoms with Crippen molar-refractivity contribution in [3.8, 4) is 5.88 Å². The van der Waals surface area contributed by atoms with Gasteiger partial charge in [-0.25, -0.2) is 4.98 Å². The lowest BCUT2D eigenvalue weighted by molar-refractivity contribution is 0.113. The Morgan fingerprint density at radius 2 is 2.36 bits per heavy atom. The van der Waals surface area contributed by atoms with E-state index in [1.165, 1.54) is 12.8 Å². The summed E-state index contributed by atoms with van der Waals surface area (Å²) in [6.45, 7) is 3.06. The number of hydrogen-bond donors (Lipinski definition) is 1. The average molecular weight is 192 g/mol. The number of nitrogen functional groups attached to an aromatic ring is 1. The standard InChI is InChI=1S/C11H16N2O/c1-8-2-3-9(8)7-14-11-5-4-10(12)6-13-11/h4-6,8-9H,2-3,7,12H2,1H3/t8-,9+/m1/s1. The van der Waals surface area contributed by atoms with E-state index < -0.39 is 0 Å². The van der Waals surface area contributed by atoms with Gasteiger partial charge in [0.25, 0.3) is 0 Å². The van der Waals surface area contributed by atoms with Gasteiger partial charge >= 0.3 is 0 Å². The average Bonchev–Trinajstić information content (AvgIpc) is 2.19. The monoisotopic (exact) mass is 192 g/mol. The summed E-state index contributed by atoms with van der Waals surface area (Å²) in [5, 5.41) is 0. The summed E-state index contributed by atoms with van der Waals surface area (Å²) in [6, 6.07) is 3.63. The number of nitrogens with two attached hydrogens (primary N) is 1. The maximum atomic E-state index is 5.57. The minimum Gasteiger partial charge on any atom is -0.477 e. The molecule has 2 rings (SSSR count). The van der Waals surface area contributed by atoms with Gasteiger partial charge in [-0.1, -0.05) is 6.92 Å². The Hall–Kier alpha value is -1.25. The summed E-state index contributed by atoms with van der Waals surface area (Å²) in [5.41, 5.74) is 6.20. The molecule has 1 aliphatic carbocycles. The van der Waals surface area contributed by atoms with Crippen molar-refractivity contribution in [2.75, 3.05) is 12.3 Å². The van der Waals surface area contributed by atoms with Gasteiger partial charge in [0, 0.05) is 6.07 Å². The zero-order valence-electron chi connectivity index (χ0n) is 8.44.